The molecule has 4 atom stereocenters. The molecule has 5 rings (SSSR count). The van der Waals surface area contributed by atoms with Gasteiger partial charge in [0.1, 0.15) is 6.10 Å². The maximum atomic E-state index is 6.54. The van der Waals surface area contributed by atoms with E-state index in [9.17, 15) is 0 Å². The monoisotopic (exact) mass is 297 g/mol. The summed E-state index contributed by atoms with van der Waals surface area (Å²) in [6.45, 7) is 3.42. The molecule has 0 N–H and O–H groups in total. The molecule has 2 aliphatic heterocycles. The third kappa shape index (κ3) is 1.28. The van der Waals surface area contributed by atoms with Crippen LogP contribution in [0.5, 0.6) is 11.5 Å². The Balaban J connectivity index is 1.83. The number of piperidine rings is 1. The van der Waals surface area contributed by atoms with Crippen LogP contribution in [-0.4, -0.2) is 37.7 Å². The number of benzene rings is 1. The van der Waals surface area contributed by atoms with Gasteiger partial charge >= 0.3 is 0 Å². The van der Waals surface area contributed by atoms with Gasteiger partial charge in [0.05, 0.1) is 7.11 Å². The lowest BCUT2D eigenvalue weighted by atomic mass is 9.52. The van der Waals surface area contributed by atoms with Gasteiger partial charge < -0.3 is 14.4 Å². The summed E-state index contributed by atoms with van der Waals surface area (Å²) >= 11 is 0. The van der Waals surface area contributed by atoms with Crippen molar-refractivity contribution in [3.8, 4) is 11.5 Å². The fraction of sp³-hybridized carbons (Fsp3) is 0.579. The van der Waals surface area contributed by atoms with E-state index in [1.165, 1.54) is 36.1 Å². The Labute approximate surface area is 131 Å². The molecular weight excluding hydrogens is 274 g/mol. The summed E-state index contributed by atoms with van der Waals surface area (Å²) in [4.78, 5) is 2.58. The van der Waals surface area contributed by atoms with Crippen LogP contribution < -0.4 is 9.47 Å². The van der Waals surface area contributed by atoms with E-state index in [0.29, 0.717) is 12.0 Å². The minimum atomic E-state index is 0.188. The van der Waals surface area contributed by atoms with Crippen LogP contribution in [0.1, 0.15) is 30.9 Å². The number of likely N-dealkylation sites (N-methyl/N-ethyl adjacent to an activating group) is 1. The number of likely N-dealkylation sites (tertiary alicyclic amines) is 1. The zero-order valence-electron chi connectivity index (χ0n) is 13.6. The fourth-order valence-electron chi connectivity index (χ4n) is 5.73. The van der Waals surface area contributed by atoms with Gasteiger partial charge in [0, 0.05) is 17.0 Å². The average Bonchev–Trinajstić information content (AvgIpc) is 2.88. The molecular formula is C19H23NO2. The molecule has 1 fully saturated rings. The van der Waals surface area contributed by atoms with E-state index in [0.717, 1.165) is 17.9 Å². The third-order valence-electron chi connectivity index (χ3n) is 6.70. The Morgan fingerprint density at radius 3 is 3.05 bits per heavy atom. The zero-order chi connectivity index (χ0) is 15.1. The molecule has 116 valence electrons. The van der Waals surface area contributed by atoms with E-state index < -0.39 is 0 Å². The predicted octanol–water partition coefficient (Wildman–Crippen LogP) is 2.92. The lowest BCUT2D eigenvalue weighted by Gasteiger charge is -2.57. The number of hydrogen-bond donors (Lipinski definition) is 0. The molecule has 1 saturated heterocycles. The van der Waals surface area contributed by atoms with Crippen molar-refractivity contribution in [3.63, 3.8) is 0 Å². The van der Waals surface area contributed by atoms with Crippen LogP contribution in [0.4, 0.5) is 0 Å². The van der Waals surface area contributed by atoms with E-state index in [1.807, 2.05) is 0 Å². The van der Waals surface area contributed by atoms with Crippen molar-refractivity contribution >= 4 is 0 Å². The molecule has 2 bridgehead atoms. The van der Waals surface area contributed by atoms with Gasteiger partial charge in [-0.1, -0.05) is 12.1 Å². The lowest BCUT2D eigenvalue weighted by molar-refractivity contribution is -0.00815. The van der Waals surface area contributed by atoms with Crippen LogP contribution in [0.2, 0.25) is 0 Å². The Morgan fingerprint density at radius 2 is 2.23 bits per heavy atom. The third-order valence-corrected chi connectivity index (χ3v) is 6.70. The first-order valence-corrected chi connectivity index (χ1v) is 8.40. The van der Waals surface area contributed by atoms with E-state index in [2.05, 4.69) is 37.1 Å². The van der Waals surface area contributed by atoms with Gasteiger partial charge in [-0.25, -0.2) is 0 Å². The quantitative estimate of drug-likeness (QED) is 0.744. The SMILES string of the molecule is COc1ccc2c3c1OC1C(C)=CC[C@H]4[C@@H](C2)N(C)CC[C@]314. The number of methoxy groups -OCH3 is 1. The smallest absolute Gasteiger partial charge is 0.166 e. The second-order valence-corrected chi connectivity index (χ2v) is 7.46. The van der Waals surface area contributed by atoms with Gasteiger partial charge in [0.2, 0.25) is 0 Å². The number of allylic oxidation sites excluding steroid dienone is 1. The topological polar surface area (TPSA) is 21.7 Å². The highest BCUT2D eigenvalue weighted by Gasteiger charge is 2.63. The number of ether oxygens (including phenoxy) is 2. The average molecular weight is 297 g/mol. The molecule has 1 spiro atoms. The van der Waals surface area contributed by atoms with Crippen molar-refractivity contribution in [1.82, 2.24) is 4.90 Å². The molecule has 1 aromatic carbocycles. The Morgan fingerprint density at radius 1 is 1.36 bits per heavy atom. The molecule has 0 saturated carbocycles. The Bertz CT molecular complexity index is 695. The van der Waals surface area contributed by atoms with Crippen molar-refractivity contribution in [3.05, 3.63) is 34.9 Å². The molecule has 22 heavy (non-hydrogen) atoms. The summed E-state index contributed by atoms with van der Waals surface area (Å²) in [5, 5.41) is 0. The maximum Gasteiger partial charge on any atom is 0.166 e. The van der Waals surface area contributed by atoms with Gasteiger partial charge in [-0.05, 0) is 62.9 Å². The largest absolute Gasteiger partial charge is 0.493 e. The van der Waals surface area contributed by atoms with E-state index >= 15 is 0 Å². The standard InChI is InChI=1S/C19H23NO2/c1-11-4-6-13-14-10-12-5-7-15(21-3)17-16(12)19(13,18(11)22-17)8-9-20(14)2/h4-5,7,13-14,18H,6,8-10H2,1-3H3/t13-,14+,18?,19-/m0/s1. The molecule has 0 aromatic heterocycles. The van der Waals surface area contributed by atoms with Crippen molar-refractivity contribution in [2.45, 2.75) is 43.7 Å². The van der Waals surface area contributed by atoms with Gasteiger partial charge in [-0.2, -0.15) is 0 Å². The molecule has 1 unspecified atom stereocenters. The second kappa shape index (κ2) is 4.08. The summed E-state index contributed by atoms with van der Waals surface area (Å²) < 4.78 is 12.1. The van der Waals surface area contributed by atoms with Crippen molar-refractivity contribution in [2.24, 2.45) is 5.92 Å². The molecule has 2 heterocycles. The fourth-order valence-corrected chi connectivity index (χ4v) is 5.73. The molecule has 2 aliphatic carbocycles. The first kappa shape index (κ1) is 13.0. The van der Waals surface area contributed by atoms with Crippen molar-refractivity contribution in [1.29, 1.82) is 0 Å². The zero-order valence-corrected chi connectivity index (χ0v) is 13.6. The minimum absolute atomic E-state index is 0.188. The van der Waals surface area contributed by atoms with Crippen LogP contribution >= 0.6 is 0 Å². The number of hydrogen-bond acceptors (Lipinski definition) is 3. The predicted molar refractivity (Wildman–Crippen MR) is 85.7 cm³/mol. The highest BCUT2D eigenvalue weighted by atomic mass is 16.5. The Kier molecular flexibility index (Phi) is 2.41. The first-order chi connectivity index (χ1) is 10.7. The molecule has 0 amide bonds. The van der Waals surface area contributed by atoms with E-state index in [1.54, 1.807) is 7.11 Å². The normalized spacial score (nSPS) is 38.1. The van der Waals surface area contributed by atoms with E-state index in [-0.39, 0.29) is 11.5 Å². The first-order valence-electron chi connectivity index (χ1n) is 8.40. The van der Waals surface area contributed by atoms with Crippen molar-refractivity contribution < 1.29 is 9.47 Å². The Hall–Kier alpha value is -1.48. The second-order valence-electron chi connectivity index (χ2n) is 7.46. The molecule has 3 nitrogen and oxygen atoms in total. The highest BCUT2D eigenvalue weighted by molar-refractivity contribution is 5.62. The molecule has 3 heteroatoms. The van der Waals surface area contributed by atoms with Crippen LogP contribution in [0, 0.1) is 5.92 Å². The summed E-state index contributed by atoms with van der Waals surface area (Å²) in [5.41, 5.74) is 4.57. The van der Waals surface area contributed by atoms with Crippen LogP contribution in [0.25, 0.3) is 0 Å². The molecule has 4 aliphatic rings. The molecule has 1 aromatic rings. The van der Waals surface area contributed by atoms with Crippen molar-refractivity contribution in [2.75, 3.05) is 20.7 Å². The van der Waals surface area contributed by atoms with Crippen LogP contribution in [0.3, 0.4) is 0 Å². The summed E-state index contributed by atoms with van der Waals surface area (Å²) in [5.74, 6) is 2.62. The van der Waals surface area contributed by atoms with Crippen LogP contribution in [-0.2, 0) is 11.8 Å². The molecule has 0 radical (unpaired) electrons. The summed E-state index contributed by atoms with van der Waals surface area (Å²) in [7, 11) is 4.05. The van der Waals surface area contributed by atoms with Crippen LogP contribution in [0.15, 0.2) is 23.8 Å². The number of nitrogens with zero attached hydrogens (tertiary/aromatic N) is 1. The highest BCUT2D eigenvalue weighted by Crippen LogP contribution is 2.63. The summed E-state index contributed by atoms with van der Waals surface area (Å²) in [6, 6.07) is 5.02. The van der Waals surface area contributed by atoms with Gasteiger partial charge in [-0.3, -0.25) is 0 Å². The van der Waals surface area contributed by atoms with Gasteiger partial charge in [0.25, 0.3) is 0 Å². The van der Waals surface area contributed by atoms with Gasteiger partial charge in [-0.15, -0.1) is 0 Å². The lowest BCUT2D eigenvalue weighted by Crippen LogP contribution is -2.63. The minimum Gasteiger partial charge on any atom is -0.493 e. The summed E-state index contributed by atoms with van der Waals surface area (Å²) in [6.07, 6.45) is 6.18. The number of rotatable bonds is 1. The maximum absolute atomic E-state index is 6.54. The van der Waals surface area contributed by atoms with Gasteiger partial charge in [0.15, 0.2) is 11.5 Å². The van der Waals surface area contributed by atoms with E-state index in [4.69, 9.17) is 9.47 Å².